The first-order chi connectivity index (χ1) is 12.8. The summed E-state index contributed by atoms with van der Waals surface area (Å²) in [5, 5.41) is 11.9. The van der Waals surface area contributed by atoms with Gasteiger partial charge in [-0.3, -0.25) is 4.79 Å². The second-order valence-corrected chi connectivity index (χ2v) is 8.27. The molecule has 1 aromatic carbocycles. The van der Waals surface area contributed by atoms with Crippen LogP contribution in [-0.2, 0) is 11.2 Å². The molecule has 2 rings (SSSR count). The van der Waals surface area contributed by atoms with Gasteiger partial charge < -0.3 is 11.2 Å². The second-order valence-electron chi connectivity index (χ2n) is 7.33. The van der Waals surface area contributed by atoms with Crippen molar-refractivity contribution in [1.29, 1.82) is 0 Å². The zero-order valence-electron chi connectivity index (χ0n) is 17.0. The third-order valence-corrected chi connectivity index (χ3v) is 5.40. The molecule has 0 saturated heterocycles. The summed E-state index contributed by atoms with van der Waals surface area (Å²) >= 11 is 1.31. The number of unbranched alkanes of at least 4 members (excludes halogenated alkanes) is 1. The van der Waals surface area contributed by atoms with Gasteiger partial charge in [-0.2, -0.15) is 0 Å². The lowest BCUT2D eigenvalue weighted by atomic mass is 9.92. The summed E-state index contributed by atoms with van der Waals surface area (Å²) < 4.78 is 1.50. The quantitative estimate of drug-likeness (QED) is 0.493. The average molecular weight is 390 g/mol. The van der Waals surface area contributed by atoms with Gasteiger partial charge >= 0.3 is 0 Å². The van der Waals surface area contributed by atoms with E-state index in [2.05, 4.69) is 68.3 Å². The molecule has 6 nitrogen and oxygen atoms in total. The first-order valence-corrected chi connectivity index (χ1v) is 10.6. The van der Waals surface area contributed by atoms with Crippen molar-refractivity contribution in [3.63, 3.8) is 0 Å². The molecule has 0 aliphatic heterocycles. The number of thioether (sulfide) groups is 1. The van der Waals surface area contributed by atoms with Gasteiger partial charge in [0.15, 0.2) is 5.82 Å². The van der Waals surface area contributed by atoms with Crippen LogP contribution in [0.3, 0.4) is 0 Å². The molecule has 0 bridgehead atoms. The number of aryl methyl sites for hydroxylation is 1. The van der Waals surface area contributed by atoms with E-state index < -0.39 is 0 Å². The summed E-state index contributed by atoms with van der Waals surface area (Å²) in [6, 6.07) is 6.22. The smallest absolute Gasteiger partial charge is 0.234 e. The fraction of sp³-hybridized carbons (Fsp3) is 0.550. The van der Waals surface area contributed by atoms with E-state index in [1.807, 2.05) is 0 Å². The predicted octanol–water partition coefficient (Wildman–Crippen LogP) is 4.31. The van der Waals surface area contributed by atoms with Gasteiger partial charge in [0.25, 0.3) is 0 Å². The molecule has 2 aromatic rings. The molecule has 7 heteroatoms. The van der Waals surface area contributed by atoms with Crippen LogP contribution in [-0.4, -0.2) is 26.5 Å². The Bertz CT molecular complexity index is 743. The Labute approximate surface area is 166 Å². The van der Waals surface area contributed by atoms with Crippen LogP contribution in [0, 0.1) is 0 Å². The molecule has 0 unspecified atom stereocenters. The highest BCUT2D eigenvalue weighted by molar-refractivity contribution is 7.99. The Morgan fingerprint density at radius 2 is 1.81 bits per heavy atom. The molecule has 0 fully saturated rings. The number of carbonyl (C=O) groups excluding carboxylic acids is 1. The summed E-state index contributed by atoms with van der Waals surface area (Å²) in [4.78, 5) is 12.6. The number of para-hydroxylation sites is 1. The van der Waals surface area contributed by atoms with Gasteiger partial charge in [0.1, 0.15) is 0 Å². The van der Waals surface area contributed by atoms with Crippen LogP contribution < -0.4 is 11.2 Å². The van der Waals surface area contributed by atoms with E-state index >= 15 is 0 Å². The summed E-state index contributed by atoms with van der Waals surface area (Å²) in [5.41, 5.74) is 3.25. The SMILES string of the molecule is CCCCc1nnc(SCC(=O)Nc2c(C(C)C)cccc2C(C)C)n1N. The number of rotatable bonds is 9. The first-order valence-electron chi connectivity index (χ1n) is 9.59. The van der Waals surface area contributed by atoms with Crippen LogP contribution in [0.15, 0.2) is 23.4 Å². The van der Waals surface area contributed by atoms with Crippen molar-refractivity contribution in [2.45, 2.75) is 70.9 Å². The van der Waals surface area contributed by atoms with Crippen molar-refractivity contribution in [1.82, 2.24) is 14.9 Å². The van der Waals surface area contributed by atoms with Crippen LogP contribution in [0.25, 0.3) is 0 Å². The number of hydrogen-bond donors (Lipinski definition) is 2. The number of nitrogens with two attached hydrogens (primary N) is 1. The zero-order chi connectivity index (χ0) is 20.0. The minimum Gasteiger partial charge on any atom is -0.336 e. The van der Waals surface area contributed by atoms with Crippen LogP contribution in [0.1, 0.15) is 76.2 Å². The molecule has 0 aliphatic rings. The highest BCUT2D eigenvalue weighted by Crippen LogP contribution is 2.32. The molecule has 3 N–H and O–H groups in total. The molecule has 27 heavy (non-hydrogen) atoms. The number of anilines is 1. The van der Waals surface area contributed by atoms with Crippen molar-refractivity contribution in [3.05, 3.63) is 35.2 Å². The molecule has 148 valence electrons. The number of carbonyl (C=O) groups is 1. The molecular weight excluding hydrogens is 358 g/mol. The lowest BCUT2D eigenvalue weighted by molar-refractivity contribution is -0.113. The third-order valence-electron chi connectivity index (χ3n) is 4.46. The number of amides is 1. The van der Waals surface area contributed by atoms with Crippen molar-refractivity contribution in [2.75, 3.05) is 16.9 Å². The fourth-order valence-electron chi connectivity index (χ4n) is 2.91. The van der Waals surface area contributed by atoms with Crippen molar-refractivity contribution < 1.29 is 4.79 Å². The molecule has 0 radical (unpaired) electrons. The molecule has 1 heterocycles. The third kappa shape index (κ3) is 5.48. The molecule has 0 atom stereocenters. The van der Waals surface area contributed by atoms with E-state index in [4.69, 9.17) is 5.84 Å². The minimum absolute atomic E-state index is 0.0619. The number of hydrogen-bond acceptors (Lipinski definition) is 5. The average Bonchev–Trinajstić information content (AvgIpc) is 2.97. The number of aromatic nitrogens is 3. The van der Waals surface area contributed by atoms with Crippen LogP contribution in [0.5, 0.6) is 0 Å². The van der Waals surface area contributed by atoms with Gasteiger partial charge in [0.05, 0.1) is 5.75 Å². The summed E-state index contributed by atoms with van der Waals surface area (Å²) in [5.74, 6) is 7.65. The van der Waals surface area contributed by atoms with E-state index in [1.54, 1.807) is 0 Å². The molecule has 0 aliphatic carbocycles. The van der Waals surface area contributed by atoms with E-state index in [9.17, 15) is 4.79 Å². The summed E-state index contributed by atoms with van der Waals surface area (Å²) in [6.45, 7) is 10.7. The maximum atomic E-state index is 12.6. The van der Waals surface area contributed by atoms with Gasteiger partial charge in [0.2, 0.25) is 11.1 Å². The van der Waals surface area contributed by atoms with E-state index in [1.165, 1.54) is 16.4 Å². The van der Waals surface area contributed by atoms with Crippen molar-refractivity contribution >= 4 is 23.4 Å². The number of nitrogens with zero attached hydrogens (tertiary/aromatic N) is 3. The minimum atomic E-state index is -0.0619. The van der Waals surface area contributed by atoms with Gasteiger partial charge in [-0.25, -0.2) is 4.68 Å². The van der Waals surface area contributed by atoms with Gasteiger partial charge in [0, 0.05) is 12.1 Å². The maximum absolute atomic E-state index is 12.6. The normalized spacial score (nSPS) is 11.4. The Kier molecular flexibility index (Phi) is 7.71. The van der Waals surface area contributed by atoms with Crippen LogP contribution >= 0.6 is 11.8 Å². The monoisotopic (exact) mass is 389 g/mol. The summed E-state index contributed by atoms with van der Waals surface area (Å²) in [6.07, 6.45) is 2.89. The zero-order valence-corrected chi connectivity index (χ0v) is 17.8. The number of benzene rings is 1. The maximum Gasteiger partial charge on any atom is 0.234 e. The van der Waals surface area contributed by atoms with Gasteiger partial charge in [-0.05, 0) is 29.4 Å². The van der Waals surface area contributed by atoms with Crippen LogP contribution in [0.2, 0.25) is 0 Å². The topological polar surface area (TPSA) is 85.8 Å². The lowest BCUT2D eigenvalue weighted by Gasteiger charge is -2.20. The Balaban J connectivity index is 2.07. The molecular formula is C20H31N5OS. The standard InChI is InChI=1S/C20H31N5OS/c1-6-7-11-17-23-24-20(25(17)21)27-12-18(26)22-19-15(13(2)3)9-8-10-16(19)14(4)5/h8-10,13-14H,6-7,11-12,21H2,1-5H3,(H,22,26). The molecule has 1 aromatic heterocycles. The Hall–Kier alpha value is -2.02. The fourth-order valence-corrected chi connectivity index (χ4v) is 3.59. The summed E-state index contributed by atoms with van der Waals surface area (Å²) in [7, 11) is 0. The molecule has 0 saturated carbocycles. The molecule has 1 amide bonds. The van der Waals surface area contributed by atoms with Crippen molar-refractivity contribution in [3.8, 4) is 0 Å². The van der Waals surface area contributed by atoms with Crippen LogP contribution in [0.4, 0.5) is 5.69 Å². The lowest BCUT2D eigenvalue weighted by Crippen LogP contribution is -2.19. The highest BCUT2D eigenvalue weighted by atomic mass is 32.2. The van der Waals surface area contributed by atoms with E-state index in [0.29, 0.717) is 17.0 Å². The first kappa shape index (κ1) is 21.3. The highest BCUT2D eigenvalue weighted by Gasteiger charge is 2.17. The Morgan fingerprint density at radius 1 is 1.19 bits per heavy atom. The second kappa shape index (κ2) is 9.78. The Morgan fingerprint density at radius 3 is 2.37 bits per heavy atom. The van der Waals surface area contributed by atoms with Crippen molar-refractivity contribution in [2.24, 2.45) is 0 Å². The van der Waals surface area contributed by atoms with E-state index in [0.717, 1.165) is 41.9 Å². The largest absolute Gasteiger partial charge is 0.336 e. The number of nitrogens with one attached hydrogen (secondary N) is 1. The van der Waals surface area contributed by atoms with Gasteiger partial charge in [-0.1, -0.05) is 71.0 Å². The van der Waals surface area contributed by atoms with Gasteiger partial charge in [-0.15, -0.1) is 10.2 Å². The van der Waals surface area contributed by atoms with E-state index in [-0.39, 0.29) is 11.7 Å². The predicted molar refractivity (Wildman–Crippen MR) is 113 cm³/mol. The molecule has 0 spiro atoms. The number of nitrogen functional groups attached to an aromatic ring is 1.